The molecule has 2 atom stereocenters. The molecule has 3 heteroatoms. The van der Waals surface area contributed by atoms with Crippen molar-refractivity contribution in [2.45, 2.75) is 46.0 Å². The molecule has 0 unspecified atom stereocenters. The fourth-order valence-electron chi connectivity index (χ4n) is 3.80. The molecule has 1 saturated heterocycles. The van der Waals surface area contributed by atoms with Crippen LogP contribution >= 0.6 is 0 Å². The molecule has 0 aromatic carbocycles. The highest BCUT2D eigenvalue weighted by Gasteiger charge is 2.47. The van der Waals surface area contributed by atoms with Gasteiger partial charge in [-0.3, -0.25) is 14.9 Å². The van der Waals surface area contributed by atoms with Crippen molar-refractivity contribution in [1.29, 1.82) is 0 Å². The highest BCUT2D eigenvalue weighted by molar-refractivity contribution is 6.05. The molecule has 1 aliphatic heterocycles. The quantitative estimate of drug-likeness (QED) is 0.515. The van der Waals surface area contributed by atoms with Gasteiger partial charge in [-0.1, -0.05) is 25.0 Å². The van der Waals surface area contributed by atoms with E-state index in [1.54, 1.807) is 0 Å². The molecule has 0 aromatic rings. The Hall–Kier alpha value is -1.12. The molecule has 0 bridgehead atoms. The Kier molecular flexibility index (Phi) is 2.22. The summed E-state index contributed by atoms with van der Waals surface area (Å²) in [5, 5.41) is 2.49. The Bertz CT molecular complexity index is 434. The van der Waals surface area contributed by atoms with Crippen LogP contribution in [0, 0.1) is 17.3 Å². The maximum atomic E-state index is 11.7. The molecule has 3 rings (SSSR count). The number of fused-ring (bicyclic) bond motifs is 1. The van der Waals surface area contributed by atoms with Gasteiger partial charge in [0.2, 0.25) is 11.8 Å². The van der Waals surface area contributed by atoms with E-state index in [1.165, 1.54) is 24.0 Å². The van der Waals surface area contributed by atoms with Crippen molar-refractivity contribution >= 4 is 11.8 Å². The first kappa shape index (κ1) is 11.0. The second-order valence-electron chi connectivity index (χ2n) is 6.29. The number of hydrogen-bond acceptors (Lipinski definition) is 2. The molecule has 3 aliphatic rings. The molecule has 1 N–H and O–H groups in total. The molecule has 3 nitrogen and oxygen atoms in total. The normalized spacial score (nSPS) is 35.4. The minimum atomic E-state index is -0.0846. The number of rotatable bonds is 0. The molecule has 17 heavy (non-hydrogen) atoms. The minimum Gasteiger partial charge on any atom is -0.296 e. The number of carbonyl (C=O) groups excluding carboxylic acids is 2. The van der Waals surface area contributed by atoms with Gasteiger partial charge in [0.25, 0.3) is 0 Å². The molecular weight excluding hydrogens is 214 g/mol. The molecule has 1 heterocycles. The van der Waals surface area contributed by atoms with Gasteiger partial charge in [-0.2, -0.15) is 0 Å². The van der Waals surface area contributed by atoms with E-state index in [2.05, 4.69) is 19.2 Å². The highest BCUT2D eigenvalue weighted by atomic mass is 16.2. The smallest absolute Gasteiger partial charge is 0.230 e. The van der Waals surface area contributed by atoms with Gasteiger partial charge in [0, 0.05) is 0 Å². The monoisotopic (exact) mass is 233 g/mol. The first-order valence-electron chi connectivity index (χ1n) is 6.55. The maximum Gasteiger partial charge on any atom is 0.230 e. The molecule has 1 fully saturated rings. The third kappa shape index (κ3) is 1.55. The number of allylic oxidation sites excluding steroid dienone is 2. The van der Waals surface area contributed by atoms with E-state index in [4.69, 9.17) is 0 Å². The van der Waals surface area contributed by atoms with E-state index in [1.807, 2.05) is 0 Å². The van der Waals surface area contributed by atoms with Crippen LogP contribution in [0.2, 0.25) is 0 Å². The molecule has 92 valence electrons. The average molecular weight is 233 g/mol. The zero-order valence-corrected chi connectivity index (χ0v) is 10.5. The van der Waals surface area contributed by atoms with E-state index in [0.29, 0.717) is 0 Å². The van der Waals surface area contributed by atoms with Gasteiger partial charge in [-0.25, -0.2) is 0 Å². The van der Waals surface area contributed by atoms with Crippen LogP contribution in [0.5, 0.6) is 0 Å². The van der Waals surface area contributed by atoms with Gasteiger partial charge >= 0.3 is 0 Å². The predicted octanol–water partition coefficient (Wildman–Crippen LogP) is 2.18. The van der Waals surface area contributed by atoms with Crippen LogP contribution in [-0.2, 0) is 9.59 Å². The number of carbonyl (C=O) groups is 2. The maximum absolute atomic E-state index is 11.7. The second-order valence-corrected chi connectivity index (χ2v) is 6.29. The van der Waals surface area contributed by atoms with Crippen LogP contribution in [0.15, 0.2) is 11.1 Å². The van der Waals surface area contributed by atoms with Crippen molar-refractivity contribution in [3.05, 3.63) is 11.1 Å². The first-order valence-corrected chi connectivity index (χ1v) is 6.55. The van der Waals surface area contributed by atoms with Crippen LogP contribution in [0.1, 0.15) is 46.0 Å². The van der Waals surface area contributed by atoms with E-state index in [-0.39, 0.29) is 29.1 Å². The van der Waals surface area contributed by atoms with E-state index in [0.717, 1.165) is 19.3 Å². The van der Waals surface area contributed by atoms with Crippen molar-refractivity contribution in [2.75, 3.05) is 0 Å². The fourth-order valence-corrected chi connectivity index (χ4v) is 3.80. The van der Waals surface area contributed by atoms with Gasteiger partial charge in [0.1, 0.15) is 0 Å². The summed E-state index contributed by atoms with van der Waals surface area (Å²) in [6.45, 7) is 4.55. The van der Waals surface area contributed by atoms with Crippen molar-refractivity contribution in [2.24, 2.45) is 17.3 Å². The van der Waals surface area contributed by atoms with Crippen LogP contribution < -0.4 is 5.32 Å². The van der Waals surface area contributed by atoms with Crippen molar-refractivity contribution in [3.8, 4) is 0 Å². The lowest BCUT2D eigenvalue weighted by atomic mass is 9.63. The number of nitrogens with one attached hydrogen (secondary N) is 1. The fraction of sp³-hybridized carbons (Fsp3) is 0.714. The lowest BCUT2D eigenvalue weighted by Gasteiger charge is -2.40. The van der Waals surface area contributed by atoms with Crippen LogP contribution in [-0.4, -0.2) is 11.8 Å². The first-order chi connectivity index (χ1) is 7.99. The number of hydrogen-bond donors (Lipinski definition) is 1. The van der Waals surface area contributed by atoms with Crippen LogP contribution in [0.4, 0.5) is 0 Å². The SMILES string of the molecule is CC1(C)CCCC2=C1C[C@@H]1C(=O)NC(=O)[C@@H]1C2. The van der Waals surface area contributed by atoms with Crippen molar-refractivity contribution in [3.63, 3.8) is 0 Å². The highest BCUT2D eigenvalue weighted by Crippen LogP contribution is 2.50. The summed E-state index contributed by atoms with van der Waals surface area (Å²) >= 11 is 0. The lowest BCUT2D eigenvalue weighted by Crippen LogP contribution is -2.31. The molecule has 0 spiro atoms. The minimum absolute atomic E-state index is 0.0464. The summed E-state index contributed by atoms with van der Waals surface area (Å²) < 4.78 is 0. The Morgan fingerprint density at radius 1 is 1.12 bits per heavy atom. The Labute approximate surface area is 102 Å². The second kappa shape index (κ2) is 3.44. The Morgan fingerprint density at radius 2 is 1.76 bits per heavy atom. The summed E-state index contributed by atoms with van der Waals surface area (Å²) in [4.78, 5) is 23.5. The summed E-state index contributed by atoms with van der Waals surface area (Å²) in [6, 6.07) is 0. The third-order valence-corrected chi connectivity index (χ3v) is 4.82. The predicted molar refractivity (Wildman–Crippen MR) is 64.0 cm³/mol. The van der Waals surface area contributed by atoms with Crippen molar-refractivity contribution in [1.82, 2.24) is 5.32 Å². The zero-order chi connectivity index (χ0) is 12.2. The molecule has 0 aromatic heterocycles. The topological polar surface area (TPSA) is 46.2 Å². The molecule has 0 saturated carbocycles. The van der Waals surface area contributed by atoms with Gasteiger partial charge in [-0.15, -0.1) is 0 Å². The zero-order valence-electron chi connectivity index (χ0n) is 10.5. The summed E-state index contributed by atoms with van der Waals surface area (Å²) in [5.74, 6) is -0.253. The summed E-state index contributed by atoms with van der Waals surface area (Å²) in [7, 11) is 0. The van der Waals surface area contributed by atoms with Crippen LogP contribution in [0.25, 0.3) is 0 Å². The molecular formula is C14H19NO2. The van der Waals surface area contributed by atoms with E-state index in [9.17, 15) is 9.59 Å². The largest absolute Gasteiger partial charge is 0.296 e. The third-order valence-electron chi connectivity index (χ3n) is 4.82. The number of imide groups is 1. The Balaban J connectivity index is 1.98. The lowest BCUT2D eigenvalue weighted by molar-refractivity contribution is -0.126. The van der Waals surface area contributed by atoms with E-state index < -0.39 is 0 Å². The van der Waals surface area contributed by atoms with Gasteiger partial charge in [0.05, 0.1) is 11.8 Å². The molecule has 2 amide bonds. The standard InChI is InChI=1S/C14H19NO2/c1-14(2)5-3-4-8-6-9-10(7-11(8)14)13(17)15-12(9)16/h9-10H,3-7H2,1-2H3,(H,15,16,17)/t9-,10+/m1/s1. The average Bonchev–Trinajstić information content (AvgIpc) is 2.53. The van der Waals surface area contributed by atoms with E-state index >= 15 is 0 Å². The van der Waals surface area contributed by atoms with Gasteiger partial charge < -0.3 is 0 Å². The number of amides is 2. The van der Waals surface area contributed by atoms with Crippen LogP contribution in [0.3, 0.4) is 0 Å². The molecule has 2 aliphatic carbocycles. The summed E-state index contributed by atoms with van der Waals surface area (Å²) in [5.41, 5.74) is 3.16. The van der Waals surface area contributed by atoms with Crippen molar-refractivity contribution < 1.29 is 9.59 Å². The van der Waals surface area contributed by atoms with Gasteiger partial charge in [-0.05, 0) is 37.5 Å². The van der Waals surface area contributed by atoms with Gasteiger partial charge in [0.15, 0.2) is 0 Å². The summed E-state index contributed by atoms with van der Waals surface area (Å²) in [6.07, 6.45) is 5.19. The Morgan fingerprint density at radius 3 is 2.47 bits per heavy atom. The molecule has 0 radical (unpaired) electrons.